The van der Waals surface area contributed by atoms with E-state index in [1.54, 1.807) is 0 Å². The molecule has 3 N–H and O–H groups in total. The quantitative estimate of drug-likeness (QED) is 0.430. The van der Waals surface area contributed by atoms with Crippen molar-refractivity contribution in [2.45, 2.75) is 96.5 Å². The molecule has 6 heteroatoms. The van der Waals surface area contributed by atoms with Crippen LogP contribution in [0.25, 0.3) is 0 Å². The van der Waals surface area contributed by atoms with Crippen LogP contribution in [0, 0.1) is 5.92 Å². The van der Waals surface area contributed by atoms with Gasteiger partial charge in [0.25, 0.3) is 0 Å². The fraction of sp³-hybridized carbons (Fsp3) is 0.630. The van der Waals surface area contributed by atoms with Gasteiger partial charge in [-0.05, 0) is 56.2 Å². The van der Waals surface area contributed by atoms with Crippen molar-refractivity contribution >= 4 is 11.9 Å². The number of carbonyl (C=O) groups is 2. The van der Waals surface area contributed by atoms with Gasteiger partial charge in [0.1, 0.15) is 23.6 Å². The molecule has 1 aliphatic carbocycles. The van der Waals surface area contributed by atoms with E-state index in [-0.39, 0.29) is 28.9 Å². The second-order valence-corrected chi connectivity index (χ2v) is 10.8. The summed E-state index contributed by atoms with van der Waals surface area (Å²) in [4.78, 5) is 23.4. The Kier molecular flexibility index (Phi) is 7.45. The normalized spacial score (nSPS) is 21.3. The Bertz CT molecular complexity index is 931. The Balaban J connectivity index is 1.89. The molecule has 0 aromatic heterocycles. The minimum absolute atomic E-state index is 0.0685. The van der Waals surface area contributed by atoms with Crippen LogP contribution < -0.4 is 10.1 Å². The van der Waals surface area contributed by atoms with E-state index in [0.717, 1.165) is 24.0 Å². The van der Waals surface area contributed by atoms with Crippen LogP contribution in [-0.4, -0.2) is 34.2 Å². The van der Waals surface area contributed by atoms with Crippen molar-refractivity contribution < 1.29 is 24.5 Å². The predicted octanol–water partition coefficient (Wildman–Crippen LogP) is 5.43. The van der Waals surface area contributed by atoms with E-state index in [9.17, 15) is 14.7 Å². The minimum Gasteiger partial charge on any atom is -0.508 e. The Labute approximate surface area is 197 Å². The lowest BCUT2D eigenvalue weighted by atomic mass is 9.66. The van der Waals surface area contributed by atoms with E-state index in [2.05, 4.69) is 46.0 Å². The first-order chi connectivity index (χ1) is 15.5. The van der Waals surface area contributed by atoms with Crippen molar-refractivity contribution in [3.63, 3.8) is 0 Å². The monoisotopic (exact) mass is 457 g/mol. The molecule has 6 nitrogen and oxygen atoms in total. The molecule has 33 heavy (non-hydrogen) atoms. The number of phenols is 1. The number of amides is 1. The molecular weight excluding hydrogens is 418 g/mol. The number of fused-ring (bicyclic) bond motifs is 3. The highest BCUT2D eigenvalue weighted by Crippen LogP contribution is 2.55. The number of hydrogen-bond donors (Lipinski definition) is 3. The summed E-state index contributed by atoms with van der Waals surface area (Å²) in [5.74, 6) is -0.462. The number of carboxylic acids is 1. The molecule has 0 saturated carbocycles. The molecule has 0 fully saturated rings. The molecule has 2 aliphatic rings. The maximum atomic E-state index is 12.5. The number of unbranched alkanes of at least 4 members (excludes halogenated alkanes) is 3. The van der Waals surface area contributed by atoms with Crippen LogP contribution in [0.3, 0.4) is 0 Å². The van der Waals surface area contributed by atoms with E-state index >= 15 is 0 Å². The van der Waals surface area contributed by atoms with Gasteiger partial charge in [0.15, 0.2) is 0 Å². The van der Waals surface area contributed by atoms with E-state index in [4.69, 9.17) is 9.84 Å². The molecule has 2 atom stereocenters. The van der Waals surface area contributed by atoms with E-state index < -0.39 is 18.1 Å². The highest BCUT2D eigenvalue weighted by molar-refractivity contribution is 5.95. The number of aromatic hydroxyl groups is 1. The van der Waals surface area contributed by atoms with Gasteiger partial charge in [-0.3, -0.25) is 9.59 Å². The van der Waals surface area contributed by atoms with Crippen LogP contribution in [0.5, 0.6) is 11.5 Å². The van der Waals surface area contributed by atoms with Crippen molar-refractivity contribution in [3.8, 4) is 11.5 Å². The number of carboxylic acid groups (broad SMARTS) is 1. The van der Waals surface area contributed by atoms with E-state index in [1.165, 1.54) is 19.3 Å². The lowest BCUT2D eigenvalue weighted by Gasteiger charge is -2.47. The largest absolute Gasteiger partial charge is 0.508 e. The number of nitrogens with one attached hydrogen (secondary N) is 1. The summed E-state index contributed by atoms with van der Waals surface area (Å²) in [5.41, 5.74) is 1.87. The molecule has 3 rings (SSSR count). The molecule has 0 radical (unpaired) electrons. The number of carbonyl (C=O) groups excluding carboxylic acids is 1. The van der Waals surface area contributed by atoms with Gasteiger partial charge >= 0.3 is 5.97 Å². The predicted molar refractivity (Wildman–Crippen MR) is 129 cm³/mol. The van der Waals surface area contributed by atoms with Crippen molar-refractivity contribution in [2.75, 3.05) is 6.54 Å². The Morgan fingerprint density at radius 2 is 1.94 bits per heavy atom. The Hall–Kier alpha value is -2.50. The topological polar surface area (TPSA) is 95.9 Å². The van der Waals surface area contributed by atoms with Crippen molar-refractivity contribution in [3.05, 3.63) is 34.9 Å². The number of phenolic OH excluding ortho intramolecular Hbond substituents is 1. The highest BCUT2D eigenvalue weighted by Gasteiger charge is 2.47. The minimum atomic E-state index is -1.07. The number of ether oxygens (including phenoxy) is 1. The highest BCUT2D eigenvalue weighted by atomic mass is 16.5. The van der Waals surface area contributed by atoms with Gasteiger partial charge in [0, 0.05) is 23.0 Å². The van der Waals surface area contributed by atoms with Crippen LogP contribution in [-0.2, 0) is 15.0 Å². The first-order valence-electron chi connectivity index (χ1n) is 12.2. The zero-order valence-electron chi connectivity index (χ0n) is 20.7. The zero-order chi connectivity index (χ0) is 24.4. The van der Waals surface area contributed by atoms with Crippen LogP contribution >= 0.6 is 0 Å². The van der Waals surface area contributed by atoms with Crippen LogP contribution in [0.15, 0.2) is 23.8 Å². The molecule has 182 valence electrons. The third-order valence-electron chi connectivity index (χ3n) is 7.43. The number of rotatable bonds is 9. The first kappa shape index (κ1) is 25.1. The molecule has 1 aromatic carbocycles. The van der Waals surface area contributed by atoms with E-state index in [0.29, 0.717) is 24.2 Å². The fourth-order valence-electron chi connectivity index (χ4n) is 5.38. The van der Waals surface area contributed by atoms with Crippen LogP contribution in [0.2, 0.25) is 0 Å². The standard InChI is InChI=1S/C27H39NO5/c1-6-7-8-9-12-26(2,3)18-14-21(29)24-19-13-17(25(32)28-16-23(30)31)10-11-20(19)27(4,5)33-22(24)15-18/h10,14-15,19-20,29H,6-9,11-13,16H2,1-5H3,(H,28,32)(H,30,31)/t19-,20?/m1/s1. The fourth-order valence-corrected chi connectivity index (χ4v) is 5.38. The molecule has 0 spiro atoms. The maximum absolute atomic E-state index is 12.5. The van der Waals surface area contributed by atoms with Gasteiger partial charge in [0.2, 0.25) is 5.91 Å². The summed E-state index contributed by atoms with van der Waals surface area (Å²) >= 11 is 0. The third-order valence-corrected chi connectivity index (χ3v) is 7.43. The average molecular weight is 458 g/mol. The lowest BCUT2D eigenvalue weighted by molar-refractivity contribution is -0.137. The van der Waals surface area contributed by atoms with Crippen LogP contribution in [0.4, 0.5) is 0 Å². The number of benzene rings is 1. The molecule has 1 aromatic rings. The molecule has 1 unspecified atom stereocenters. The van der Waals surface area contributed by atoms with E-state index in [1.807, 2.05) is 12.1 Å². The molecule has 1 aliphatic heterocycles. The molecule has 0 saturated heterocycles. The summed E-state index contributed by atoms with van der Waals surface area (Å²) in [6.45, 7) is 10.4. The van der Waals surface area contributed by atoms with Gasteiger partial charge in [-0.15, -0.1) is 0 Å². The summed E-state index contributed by atoms with van der Waals surface area (Å²) in [6.07, 6.45) is 8.81. The second-order valence-electron chi connectivity index (χ2n) is 10.8. The van der Waals surface area contributed by atoms with Gasteiger partial charge < -0.3 is 20.3 Å². The van der Waals surface area contributed by atoms with Crippen LogP contribution in [0.1, 0.15) is 96.6 Å². The number of aliphatic carboxylic acids is 1. The Morgan fingerprint density at radius 3 is 2.61 bits per heavy atom. The summed E-state index contributed by atoms with van der Waals surface area (Å²) in [7, 11) is 0. The summed E-state index contributed by atoms with van der Waals surface area (Å²) in [5, 5.41) is 22.5. The second kappa shape index (κ2) is 9.78. The molecule has 1 amide bonds. The molecule has 1 heterocycles. The molecule has 0 bridgehead atoms. The smallest absolute Gasteiger partial charge is 0.322 e. The maximum Gasteiger partial charge on any atom is 0.322 e. The average Bonchev–Trinajstić information content (AvgIpc) is 2.73. The third kappa shape index (κ3) is 5.53. The lowest BCUT2D eigenvalue weighted by Crippen LogP contribution is -2.46. The van der Waals surface area contributed by atoms with Crippen molar-refractivity contribution in [1.29, 1.82) is 0 Å². The molecular formula is C27H39NO5. The number of hydrogen-bond acceptors (Lipinski definition) is 4. The van der Waals surface area contributed by atoms with Gasteiger partial charge in [-0.25, -0.2) is 0 Å². The SMILES string of the molecule is CCCCCCC(C)(C)c1cc(O)c2c(c1)OC(C)(C)C1CC=C(C(=O)NCC(=O)O)C[C@@H]21. The van der Waals surface area contributed by atoms with Gasteiger partial charge in [-0.1, -0.05) is 52.5 Å². The first-order valence-corrected chi connectivity index (χ1v) is 12.2. The summed E-state index contributed by atoms with van der Waals surface area (Å²) < 4.78 is 6.46. The van der Waals surface area contributed by atoms with Gasteiger partial charge in [-0.2, -0.15) is 0 Å². The number of allylic oxidation sites excluding steroid dienone is 1. The van der Waals surface area contributed by atoms with Gasteiger partial charge in [0.05, 0.1) is 0 Å². The van der Waals surface area contributed by atoms with Crippen molar-refractivity contribution in [2.24, 2.45) is 5.92 Å². The summed E-state index contributed by atoms with van der Waals surface area (Å²) in [6, 6.07) is 3.95. The Morgan fingerprint density at radius 1 is 1.21 bits per heavy atom. The zero-order valence-corrected chi connectivity index (χ0v) is 20.7. The van der Waals surface area contributed by atoms with Crippen molar-refractivity contribution in [1.82, 2.24) is 5.32 Å².